The number of Topliss-reactive ketones (excluding diaryl/α,β-unsaturated/α-hetero) is 1. The fourth-order valence-corrected chi connectivity index (χ4v) is 5.50. The molecule has 2 fully saturated rings. The number of hydrogen-bond donors (Lipinski definition) is 0. The van der Waals surface area contributed by atoms with Crippen molar-refractivity contribution < 1.29 is 14.3 Å². The standard InChI is InChI=1S/C25H24BrNO3/c26-20-10-8-17(9-11-20)24(28)22-13-19-7-6-18(22)14-23(19)27-21(15-30-25(27)29)12-16-4-2-1-3-5-16/h1-5,8-11,14,18-19,21-22H,6-7,12-13,15H2/t18-,19-,21-,22-/m1/s1. The first-order chi connectivity index (χ1) is 14.6. The molecule has 1 saturated carbocycles. The van der Waals surface area contributed by atoms with E-state index in [9.17, 15) is 9.59 Å². The lowest BCUT2D eigenvalue weighted by Crippen LogP contribution is -2.44. The third-order valence-corrected chi connectivity index (χ3v) is 7.25. The number of carbonyl (C=O) groups excluding carboxylic acids is 2. The second kappa shape index (κ2) is 8.03. The number of cyclic esters (lactones) is 1. The fraction of sp³-hybridized carbons (Fsp3) is 0.360. The highest BCUT2D eigenvalue weighted by Crippen LogP contribution is 2.47. The van der Waals surface area contributed by atoms with E-state index < -0.39 is 0 Å². The Morgan fingerprint density at radius 1 is 1.07 bits per heavy atom. The van der Waals surface area contributed by atoms with Crippen LogP contribution in [0.1, 0.15) is 35.2 Å². The molecule has 1 heterocycles. The summed E-state index contributed by atoms with van der Waals surface area (Å²) in [7, 11) is 0. The molecule has 2 aromatic rings. The summed E-state index contributed by atoms with van der Waals surface area (Å²) in [4.78, 5) is 27.6. The predicted octanol–water partition coefficient (Wildman–Crippen LogP) is 5.63. The van der Waals surface area contributed by atoms with Crippen molar-refractivity contribution in [3.63, 3.8) is 0 Å². The lowest BCUT2D eigenvalue weighted by Gasteiger charge is -2.43. The average molecular weight is 466 g/mol. The number of halogens is 1. The van der Waals surface area contributed by atoms with Crippen LogP contribution >= 0.6 is 15.9 Å². The molecule has 2 aromatic carbocycles. The molecule has 1 aliphatic heterocycles. The number of rotatable bonds is 5. The Balaban J connectivity index is 1.38. The van der Waals surface area contributed by atoms with E-state index in [4.69, 9.17) is 4.74 Å². The van der Waals surface area contributed by atoms with Crippen LogP contribution in [0.25, 0.3) is 0 Å². The molecule has 0 unspecified atom stereocenters. The maximum absolute atomic E-state index is 13.1. The SMILES string of the molecule is O=C(c1ccc(Br)cc1)[C@@H]1C[C@H]2CC[C@@H]1C=C2N1C(=O)OC[C@H]1Cc1ccccc1. The van der Waals surface area contributed by atoms with Gasteiger partial charge in [0.1, 0.15) is 6.61 Å². The number of allylic oxidation sites excluding steroid dienone is 2. The van der Waals surface area contributed by atoms with E-state index in [1.165, 1.54) is 5.56 Å². The minimum atomic E-state index is -0.245. The van der Waals surface area contributed by atoms with Gasteiger partial charge in [-0.05, 0) is 55.2 Å². The second-order valence-electron chi connectivity index (χ2n) is 8.53. The van der Waals surface area contributed by atoms with E-state index in [1.807, 2.05) is 47.4 Å². The Kier molecular flexibility index (Phi) is 5.23. The number of amides is 1. The van der Waals surface area contributed by atoms with E-state index in [2.05, 4.69) is 34.1 Å². The molecule has 3 aliphatic carbocycles. The zero-order valence-corrected chi connectivity index (χ0v) is 18.3. The van der Waals surface area contributed by atoms with Crippen molar-refractivity contribution in [2.45, 2.75) is 31.7 Å². The quantitative estimate of drug-likeness (QED) is 0.537. The first kappa shape index (κ1) is 19.6. The Morgan fingerprint density at radius 2 is 1.83 bits per heavy atom. The van der Waals surface area contributed by atoms with Crippen molar-refractivity contribution in [1.82, 2.24) is 4.90 Å². The van der Waals surface area contributed by atoms with Crippen LogP contribution in [0, 0.1) is 17.8 Å². The minimum Gasteiger partial charge on any atom is -0.447 e. The van der Waals surface area contributed by atoms with Crippen molar-refractivity contribution >= 4 is 27.8 Å². The first-order valence-electron chi connectivity index (χ1n) is 10.6. The fourth-order valence-electron chi connectivity index (χ4n) is 5.24. The number of fused-ring (bicyclic) bond motifs is 2. The second-order valence-corrected chi connectivity index (χ2v) is 9.45. The van der Waals surface area contributed by atoms with Crippen molar-refractivity contribution in [2.75, 3.05) is 6.61 Å². The van der Waals surface area contributed by atoms with Gasteiger partial charge in [0.05, 0.1) is 6.04 Å². The van der Waals surface area contributed by atoms with Crippen LogP contribution in [0.3, 0.4) is 0 Å². The van der Waals surface area contributed by atoms with E-state index in [-0.39, 0.29) is 35.7 Å². The molecule has 4 nitrogen and oxygen atoms in total. The number of ether oxygens (including phenoxy) is 1. The highest BCUT2D eigenvalue weighted by atomic mass is 79.9. The van der Waals surface area contributed by atoms with E-state index in [0.29, 0.717) is 6.61 Å². The third-order valence-electron chi connectivity index (χ3n) is 6.73. The molecule has 6 rings (SSSR count). The molecule has 30 heavy (non-hydrogen) atoms. The number of carbonyl (C=O) groups is 2. The Morgan fingerprint density at radius 3 is 2.53 bits per heavy atom. The van der Waals surface area contributed by atoms with Gasteiger partial charge in [0.15, 0.2) is 5.78 Å². The Labute approximate surface area is 185 Å². The van der Waals surface area contributed by atoms with Crippen molar-refractivity contribution in [3.8, 4) is 0 Å². The van der Waals surface area contributed by atoms with Gasteiger partial charge in [-0.2, -0.15) is 0 Å². The molecular formula is C25H24BrNO3. The van der Waals surface area contributed by atoms with Gasteiger partial charge < -0.3 is 4.74 Å². The van der Waals surface area contributed by atoms with Gasteiger partial charge in [-0.1, -0.05) is 64.5 Å². The maximum atomic E-state index is 13.1. The number of ketones is 1. The van der Waals surface area contributed by atoms with Crippen LogP contribution < -0.4 is 0 Å². The summed E-state index contributed by atoms with van der Waals surface area (Å²) in [6.07, 6.45) is 5.58. The molecule has 0 spiro atoms. The van der Waals surface area contributed by atoms with Gasteiger partial charge in [-0.15, -0.1) is 0 Å². The van der Waals surface area contributed by atoms with Crippen molar-refractivity contribution in [2.24, 2.45) is 17.8 Å². The van der Waals surface area contributed by atoms with Crippen LogP contribution in [-0.2, 0) is 11.2 Å². The van der Waals surface area contributed by atoms with Crippen LogP contribution in [0.15, 0.2) is 70.8 Å². The van der Waals surface area contributed by atoms with Crippen LogP contribution in [-0.4, -0.2) is 29.4 Å². The Hall–Kier alpha value is -2.40. The van der Waals surface area contributed by atoms with Gasteiger partial charge in [0.25, 0.3) is 0 Å². The third kappa shape index (κ3) is 3.60. The number of nitrogens with zero attached hydrogens (tertiary/aromatic N) is 1. The molecule has 0 radical (unpaired) electrons. The molecule has 4 aliphatic rings. The number of hydrogen-bond acceptors (Lipinski definition) is 3. The largest absolute Gasteiger partial charge is 0.447 e. The first-order valence-corrected chi connectivity index (χ1v) is 11.4. The van der Waals surface area contributed by atoms with Gasteiger partial charge in [0.2, 0.25) is 0 Å². The molecule has 1 saturated heterocycles. The number of benzene rings is 2. The van der Waals surface area contributed by atoms with E-state index >= 15 is 0 Å². The van der Waals surface area contributed by atoms with Crippen molar-refractivity contribution in [1.29, 1.82) is 0 Å². The summed E-state index contributed by atoms with van der Waals surface area (Å²) in [5, 5.41) is 0. The maximum Gasteiger partial charge on any atom is 0.414 e. The zero-order valence-electron chi connectivity index (χ0n) is 16.7. The molecule has 2 bridgehead atoms. The van der Waals surface area contributed by atoms with Crippen LogP contribution in [0.2, 0.25) is 0 Å². The highest BCUT2D eigenvalue weighted by molar-refractivity contribution is 9.10. The van der Waals surface area contributed by atoms with Crippen LogP contribution in [0.5, 0.6) is 0 Å². The van der Waals surface area contributed by atoms with Crippen molar-refractivity contribution in [3.05, 3.63) is 82.0 Å². The smallest absolute Gasteiger partial charge is 0.414 e. The topological polar surface area (TPSA) is 46.6 Å². The summed E-state index contributed by atoms with van der Waals surface area (Å²) in [6.45, 7) is 0.420. The summed E-state index contributed by atoms with van der Waals surface area (Å²) < 4.78 is 6.42. The molecule has 154 valence electrons. The van der Waals surface area contributed by atoms with Gasteiger partial charge >= 0.3 is 6.09 Å². The molecule has 1 amide bonds. The normalized spacial score (nSPS) is 27.7. The van der Waals surface area contributed by atoms with E-state index in [0.717, 1.165) is 41.4 Å². The van der Waals surface area contributed by atoms with Crippen LogP contribution in [0.4, 0.5) is 4.79 Å². The monoisotopic (exact) mass is 465 g/mol. The summed E-state index contributed by atoms with van der Waals surface area (Å²) >= 11 is 3.43. The van der Waals surface area contributed by atoms with Gasteiger partial charge in [-0.25, -0.2) is 4.79 Å². The van der Waals surface area contributed by atoms with Gasteiger partial charge in [-0.3, -0.25) is 9.69 Å². The minimum absolute atomic E-state index is 0.000118. The summed E-state index contributed by atoms with van der Waals surface area (Å²) in [5.74, 6) is 0.646. The van der Waals surface area contributed by atoms with Gasteiger partial charge in [0, 0.05) is 21.7 Å². The summed E-state index contributed by atoms with van der Waals surface area (Å²) in [5.41, 5.74) is 3.05. The summed E-state index contributed by atoms with van der Waals surface area (Å²) in [6, 6.07) is 17.9. The predicted molar refractivity (Wildman–Crippen MR) is 118 cm³/mol. The average Bonchev–Trinajstić information content (AvgIpc) is 3.14. The molecule has 0 aromatic heterocycles. The lowest BCUT2D eigenvalue weighted by atomic mass is 9.65. The molecular weight excluding hydrogens is 442 g/mol. The highest BCUT2D eigenvalue weighted by Gasteiger charge is 2.46. The molecule has 4 atom stereocenters. The molecule has 0 N–H and O–H groups in total. The lowest BCUT2D eigenvalue weighted by molar-refractivity contribution is 0.0784. The zero-order chi connectivity index (χ0) is 20.7. The molecule has 5 heteroatoms. The van der Waals surface area contributed by atoms with E-state index in [1.54, 1.807) is 0 Å². The Bertz CT molecular complexity index is 985.